The molecule has 1 aliphatic rings. The Kier molecular flexibility index (Phi) is 3.54. The quantitative estimate of drug-likeness (QED) is 0.884. The van der Waals surface area contributed by atoms with Crippen molar-refractivity contribution in [3.63, 3.8) is 0 Å². The van der Waals surface area contributed by atoms with Crippen LogP contribution in [0.3, 0.4) is 0 Å². The average molecular weight is 253 g/mol. The summed E-state index contributed by atoms with van der Waals surface area (Å²) in [6.45, 7) is 5.07. The second-order valence-electron chi connectivity index (χ2n) is 4.99. The third kappa shape index (κ3) is 3.30. The molecule has 1 aliphatic heterocycles. The summed E-state index contributed by atoms with van der Waals surface area (Å²) in [5, 5.41) is 3.31. The topological polar surface area (TPSA) is 46.2 Å². The minimum atomic E-state index is -2.71. The highest BCUT2D eigenvalue weighted by molar-refractivity contribution is 7.92. The number of aryl methyl sites for hydroxylation is 1. The first kappa shape index (κ1) is 12.6. The van der Waals surface area contributed by atoms with E-state index in [1.807, 2.05) is 0 Å². The molecule has 0 spiro atoms. The van der Waals surface area contributed by atoms with Gasteiger partial charge in [-0.15, -0.1) is 0 Å². The first-order valence-electron chi connectivity index (χ1n) is 5.97. The van der Waals surface area contributed by atoms with Crippen LogP contribution in [-0.4, -0.2) is 32.5 Å². The number of benzene rings is 1. The number of nitrogens with one attached hydrogen (secondary N) is 1. The van der Waals surface area contributed by atoms with E-state index in [4.69, 9.17) is 0 Å². The van der Waals surface area contributed by atoms with Crippen molar-refractivity contribution in [1.29, 1.82) is 0 Å². The molecule has 1 heterocycles. The van der Waals surface area contributed by atoms with Crippen molar-refractivity contribution in [2.45, 2.75) is 25.8 Å². The molecule has 1 saturated heterocycles. The van der Waals surface area contributed by atoms with Gasteiger partial charge in [-0.2, -0.15) is 0 Å². The van der Waals surface area contributed by atoms with Gasteiger partial charge in [-0.25, -0.2) is 8.42 Å². The van der Waals surface area contributed by atoms with E-state index in [0.717, 1.165) is 6.54 Å². The molecule has 1 aromatic carbocycles. The number of sulfone groups is 1. The maximum absolute atomic E-state index is 11.0. The van der Waals surface area contributed by atoms with E-state index < -0.39 is 9.84 Å². The summed E-state index contributed by atoms with van der Waals surface area (Å²) in [4.78, 5) is 0. The predicted octanol–water partition coefficient (Wildman–Crippen LogP) is 1.49. The lowest BCUT2D eigenvalue weighted by atomic mass is 10.00. The second-order valence-corrected chi connectivity index (χ2v) is 7.15. The Balaban J connectivity index is 1.82. The summed E-state index contributed by atoms with van der Waals surface area (Å²) in [7, 11) is -2.71. The molecule has 17 heavy (non-hydrogen) atoms. The van der Waals surface area contributed by atoms with Gasteiger partial charge in [-0.05, 0) is 18.4 Å². The Morgan fingerprint density at radius 1 is 1.29 bits per heavy atom. The summed E-state index contributed by atoms with van der Waals surface area (Å²) in [6, 6.07) is 8.66. The van der Waals surface area contributed by atoms with Crippen LogP contribution in [0.1, 0.15) is 24.0 Å². The van der Waals surface area contributed by atoms with Crippen molar-refractivity contribution in [3.8, 4) is 0 Å². The molecule has 0 amide bonds. The van der Waals surface area contributed by atoms with Gasteiger partial charge in [0.25, 0.3) is 0 Å². The summed E-state index contributed by atoms with van der Waals surface area (Å²) < 4.78 is 22.0. The third-order valence-corrected chi connectivity index (χ3v) is 5.09. The molecule has 94 valence electrons. The van der Waals surface area contributed by atoms with Gasteiger partial charge in [0.1, 0.15) is 0 Å². The molecule has 0 radical (unpaired) electrons. The average Bonchev–Trinajstić information content (AvgIpc) is 2.24. The molecular weight excluding hydrogens is 234 g/mol. The van der Waals surface area contributed by atoms with Crippen LogP contribution in [0.25, 0.3) is 0 Å². The summed E-state index contributed by atoms with van der Waals surface area (Å²) in [6.07, 6.45) is 0. The minimum Gasteiger partial charge on any atom is -0.311 e. The first-order chi connectivity index (χ1) is 7.96. The maximum atomic E-state index is 11.0. The van der Waals surface area contributed by atoms with E-state index >= 15 is 0 Å². The van der Waals surface area contributed by atoms with E-state index in [9.17, 15) is 8.42 Å². The Morgan fingerprint density at radius 2 is 1.88 bits per heavy atom. The lowest BCUT2D eigenvalue weighted by molar-refractivity contribution is 0.497. The molecule has 1 atom stereocenters. The van der Waals surface area contributed by atoms with Crippen LogP contribution in [0.15, 0.2) is 24.3 Å². The monoisotopic (exact) mass is 253 g/mol. The smallest absolute Gasteiger partial charge is 0.153 e. The predicted molar refractivity (Wildman–Crippen MR) is 70.0 cm³/mol. The van der Waals surface area contributed by atoms with Crippen molar-refractivity contribution in [1.82, 2.24) is 5.32 Å². The van der Waals surface area contributed by atoms with Crippen molar-refractivity contribution in [2.24, 2.45) is 0 Å². The Bertz CT molecular complexity index is 467. The number of hydrogen-bond acceptors (Lipinski definition) is 3. The Morgan fingerprint density at radius 3 is 2.41 bits per heavy atom. The molecule has 1 N–H and O–H groups in total. The zero-order valence-electron chi connectivity index (χ0n) is 10.3. The van der Waals surface area contributed by atoms with Gasteiger partial charge in [0.15, 0.2) is 9.84 Å². The molecule has 0 aromatic heterocycles. The lowest BCUT2D eigenvalue weighted by Crippen LogP contribution is -2.51. The highest BCUT2D eigenvalue weighted by atomic mass is 32.2. The molecule has 1 aromatic rings. The highest BCUT2D eigenvalue weighted by Crippen LogP contribution is 2.16. The number of hydrogen-bond donors (Lipinski definition) is 1. The van der Waals surface area contributed by atoms with Gasteiger partial charge < -0.3 is 5.32 Å². The molecule has 1 unspecified atom stereocenters. The maximum Gasteiger partial charge on any atom is 0.153 e. The van der Waals surface area contributed by atoms with Crippen LogP contribution < -0.4 is 5.32 Å². The van der Waals surface area contributed by atoms with Crippen LogP contribution in [0.4, 0.5) is 0 Å². The summed E-state index contributed by atoms with van der Waals surface area (Å²) in [5.74, 6) is 1.01. The van der Waals surface area contributed by atoms with Gasteiger partial charge in [0, 0.05) is 12.6 Å². The van der Waals surface area contributed by atoms with E-state index in [1.54, 1.807) is 0 Å². The normalized spacial score (nSPS) is 20.8. The zero-order chi connectivity index (χ0) is 12.5. The van der Waals surface area contributed by atoms with Gasteiger partial charge in [0.2, 0.25) is 0 Å². The highest BCUT2D eigenvalue weighted by Gasteiger charge is 2.32. The van der Waals surface area contributed by atoms with Gasteiger partial charge in [-0.1, -0.05) is 36.8 Å². The molecule has 4 heteroatoms. The van der Waals surface area contributed by atoms with Crippen molar-refractivity contribution >= 4 is 9.84 Å². The van der Waals surface area contributed by atoms with E-state index in [0.29, 0.717) is 17.4 Å². The third-order valence-electron chi connectivity index (χ3n) is 3.27. The fraction of sp³-hybridized carbons (Fsp3) is 0.538. The lowest BCUT2D eigenvalue weighted by Gasteiger charge is -2.28. The minimum absolute atomic E-state index is 0.160. The Hall–Kier alpha value is -0.870. The number of rotatable bonds is 4. The van der Waals surface area contributed by atoms with E-state index in [1.165, 1.54) is 11.1 Å². The molecule has 0 aliphatic carbocycles. The summed E-state index contributed by atoms with van der Waals surface area (Å²) in [5.41, 5.74) is 2.56. The van der Waals surface area contributed by atoms with Crippen molar-refractivity contribution in [3.05, 3.63) is 35.4 Å². The van der Waals surface area contributed by atoms with Crippen LogP contribution in [0.2, 0.25) is 0 Å². The zero-order valence-corrected chi connectivity index (χ0v) is 11.1. The van der Waals surface area contributed by atoms with Crippen molar-refractivity contribution < 1.29 is 8.42 Å². The van der Waals surface area contributed by atoms with Crippen molar-refractivity contribution in [2.75, 3.05) is 18.1 Å². The molecule has 0 bridgehead atoms. The molecule has 0 saturated carbocycles. The molecule has 3 nitrogen and oxygen atoms in total. The van der Waals surface area contributed by atoms with Gasteiger partial charge in [0.05, 0.1) is 11.5 Å². The standard InChI is InChI=1S/C13H19NO2S/c1-10-3-5-12(6-4-10)11(2)7-14-13-8-17(15,16)9-13/h3-6,11,13-14H,7-9H2,1-2H3. The fourth-order valence-electron chi connectivity index (χ4n) is 2.04. The van der Waals surface area contributed by atoms with Crippen LogP contribution in [-0.2, 0) is 9.84 Å². The van der Waals surface area contributed by atoms with Crippen LogP contribution in [0.5, 0.6) is 0 Å². The molecule has 1 fully saturated rings. The SMILES string of the molecule is Cc1ccc(C(C)CNC2CS(=O)(=O)C2)cc1. The molecule has 2 rings (SSSR count). The first-order valence-corrected chi connectivity index (χ1v) is 7.79. The molecular formula is C13H19NO2S. The largest absolute Gasteiger partial charge is 0.311 e. The van der Waals surface area contributed by atoms with Gasteiger partial charge >= 0.3 is 0 Å². The van der Waals surface area contributed by atoms with Crippen LogP contribution >= 0.6 is 0 Å². The van der Waals surface area contributed by atoms with E-state index in [-0.39, 0.29) is 6.04 Å². The summed E-state index contributed by atoms with van der Waals surface area (Å²) >= 11 is 0. The second kappa shape index (κ2) is 4.78. The van der Waals surface area contributed by atoms with Gasteiger partial charge in [-0.3, -0.25) is 0 Å². The Labute approximate surface area is 103 Å². The van der Waals surface area contributed by atoms with E-state index in [2.05, 4.69) is 43.4 Å². The fourth-order valence-corrected chi connectivity index (χ4v) is 3.40. The van der Waals surface area contributed by atoms with Crippen LogP contribution in [0, 0.1) is 6.92 Å².